The summed E-state index contributed by atoms with van der Waals surface area (Å²) in [7, 11) is 0. The molecule has 0 spiro atoms. The normalized spacial score (nSPS) is 10.3. The number of pyridine rings is 1. The number of hydrogen-bond acceptors (Lipinski definition) is 1. The predicted molar refractivity (Wildman–Crippen MR) is 63.8 cm³/mol. The van der Waals surface area contributed by atoms with Gasteiger partial charge in [-0.05, 0) is 30.5 Å². The Morgan fingerprint density at radius 3 is 2.60 bits per heavy atom. The molecule has 0 atom stereocenters. The second kappa shape index (κ2) is 4.26. The Bertz CT molecular complexity index is 460. The highest BCUT2D eigenvalue weighted by Crippen LogP contribution is 2.24. The van der Waals surface area contributed by atoms with E-state index in [0.29, 0.717) is 0 Å². The van der Waals surface area contributed by atoms with Gasteiger partial charge in [-0.1, -0.05) is 37.3 Å². The van der Waals surface area contributed by atoms with E-state index in [9.17, 15) is 0 Å². The predicted octanol–water partition coefficient (Wildman–Crippen LogP) is 3.62. The van der Waals surface area contributed by atoms with Crippen LogP contribution in [0.4, 0.5) is 0 Å². The molecule has 0 saturated heterocycles. The highest BCUT2D eigenvalue weighted by molar-refractivity contribution is 5.66. The molecule has 1 nitrogen and oxygen atoms in total. The van der Waals surface area contributed by atoms with Crippen molar-refractivity contribution in [2.45, 2.75) is 20.3 Å². The molecule has 0 saturated carbocycles. The van der Waals surface area contributed by atoms with Gasteiger partial charge < -0.3 is 0 Å². The van der Waals surface area contributed by atoms with Crippen LogP contribution in [0.5, 0.6) is 0 Å². The van der Waals surface area contributed by atoms with E-state index in [0.717, 1.165) is 12.1 Å². The van der Waals surface area contributed by atoms with Crippen LogP contribution in [0, 0.1) is 6.92 Å². The first-order valence-electron chi connectivity index (χ1n) is 5.33. The Kier molecular flexibility index (Phi) is 2.82. The van der Waals surface area contributed by atoms with Crippen molar-refractivity contribution < 1.29 is 0 Å². The molecule has 0 fully saturated rings. The summed E-state index contributed by atoms with van der Waals surface area (Å²) in [5.41, 5.74) is 4.96. The van der Waals surface area contributed by atoms with Crippen molar-refractivity contribution in [2.24, 2.45) is 0 Å². The molecule has 15 heavy (non-hydrogen) atoms. The van der Waals surface area contributed by atoms with Gasteiger partial charge in [0.25, 0.3) is 0 Å². The maximum absolute atomic E-state index is 4.46. The van der Waals surface area contributed by atoms with E-state index in [2.05, 4.69) is 49.2 Å². The molecule has 1 heterocycles. The monoisotopic (exact) mass is 197 g/mol. The van der Waals surface area contributed by atoms with Crippen LogP contribution in [-0.4, -0.2) is 4.98 Å². The Morgan fingerprint density at radius 2 is 1.87 bits per heavy atom. The van der Waals surface area contributed by atoms with Crippen LogP contribution in [0.15, 0.2) is 42.6 Å². The maximum Gasteiger partial charge on any atom is 0.0733 e. The third-order valence-corrected chi connectivity index (χ3v) is 2.66. The first kappa shape index (κ1) is 9.91. The summed E-state index contributed by atoms with van der Waals surface area (Å²) < 4.78 is 0. The van der Waals surface area contributed by atoms with Crippen LogP contribution in [0.2, 0.25) is 0 Å². The molecule has 1 heteroatoms. The number of aromatic nitrogens is 1. The SMILES string of the molecule is CCc1ccccc1-c1ncccc1C. The van der Waals surface area contributed by atoms with Crippen molar-refractivity contribution >= 4 is 0 Å². The van der Waals surface area contributed by atoms with Gasteiger partial charge in [-0.25, -0.2) is 0 Å². The molecule has 2 aromatic rings. The molecule has 1 aromatic heterocycles. The van der Waals surface area contributed by atoms with Gasteiger partial charge in [0.05, 0.1) is 5.69 Å². The zero-order chi connectivity index (χ0) is 10.7. The molecule has 0 N–H and O–H groups in total. The van der Waals surface area contributed by atoms with E-state index in [4.69, 9.17) is 0 Å². The Morgan fingerprint density at radius 1 is 1.07 bits per heavy atom. The van der Waals surface area contributed by atoms with Crippen LogP contribution in [-0.2, 0) is 6.42 Å². The third kappa shape index (κ3) is 1.91. The van der Waals surface area contributed by atoms with Crippen molar-refractivity contribution in [2.75, 3.05) is 0 Å². The summed E-state index contributed by atoms with van der Waals surface area (Å²) in [5, 5.41) is 0. The highest BCUT2D eigenvalue weighted by Gasteiger charge is 2.05. The minimum absolute atomic E-state index is 1.05. The average molecular weight is 197 g/mol. The molecule has 0 bridgehead atoms. The largest absolute Gasteiger partial charge is 0.256 e. The van der Waals surface area contributed by atoms with E-state index in [1.165, 1.54) is 16.7 Å². The summed E-state index contributed by atoms with van der Waals surface area (Å²) in [6.45, 7) is 4.28. The molecular weight excluding hydrogens is 182 g/mol. The summed E-state index contributed by atoms with van der Waals surface area (Å²) in [6.07, 6.45) is 2.90. The summed E-state index contributed by atoms with van der Waals surface area (Å²) >= 11 is 0. The lowest BCUT2D eigenvalue weighted by atomic mass is 9.99. The molecular formula is C14H15N. The Balaban J connectivity index is 2.59. The van der Waals surface area contributed by atoms with Crippen LogP contribution in [0.1, 0.15) is 18.1 Å². The number of aryl methyl sites for hydroxylation is 2. The minimum Gasteiger partial charge on any atom is -0.256 e. The lowest BCUT2D eigenvalue weighted by Gasteiger charge is -2.08. The smallest absolute Gasteiger partial charge is 0.0733 e. The molecule has 0 unspecified atom stereocenters. The first-order chi connectivity index (χ1) is 7.33. The van der Waals surface area contributed by atoms with Gasteiger partial charge in [-0.3, -0.25) is 4.98 Å². The van der Waals surface area contributed by atoms with Gasteiger partial charge in [0.15, 0.2) is 0 Å². The fourth-order valence-electron chi connectivity index (χ4n) is 1.83. The Labute approximate surface area is 90.8 Å². The first-order valence-corrected chi connectivity index (χ1v) is 5.33. The van der Waals surface area contributed by atoms with Crippen molar-refractivity contribution in [1.29, 1.82) is 0 Å². The summed E-state index contributed by atoms with van der Waals surface area (Å²) in [5.74, 6) is 0. The standard InChI is InChI=1S/C14H15N/c1-3-12-8-4-5-9-13(12)14-11(2)7-6-10-15-14/h4-10H,3H2,1-2H3. The zero-order valence-corrected chi connectivity index (χ0v) is 9.20. The molecule has 0 radical (unpaired) electrons. The fourth-order valence-corrected chi connectivity index (χ4v) is 1.83. The zero-order valence-electron chi connectivity index (χ0n) is 9.20. The Hall–Kier alpha value is -1.63. The van der Waals surface area contributed by atoms with Gasteiger partial charge in [0, 0.05) is 11.8 Å². The average Bonchev–Trinajstić information content (AvgIpc) is 2.30. The number of benzene rings is 1. The van der Waals surface area contributed by atoms with Crippen molar-refractivity contribution in [3.8, 4) is 11.3 Å². The van der Waals surface area contributed by atoms with E-state index in [1.54, 1.807) is 0 Å². The van der Waals surface area contributed by atoms with Gasteiger partial charge in [-0.2, -0.15) is 0 Å². The second-order valence-electron chi connectivity index (χ2n) is 3.68. The van der Waals surface area contributed by atoms with Gasteiger partial charge in [-0.15, -0.1) is 0 Å². The third-order valence-electron chi connectivity index (χ3n) is 2.66. The second-order valence-corrected chi connectivity index (χ2v) is 3.68. The van der Waals surface area contributed by atoms with Crippen LogP contribution >= 0.6 is 0 Å². The lowest BCUT2D eigenvalue weighted by Crippen LogP contribution is -1.92. The van der Waals surface area contributed by atoms with E-state index >= 15 is 0 Å². The molecule has 0 aliphatic carbocycles. The van der Waals surface area contributed by atoms with E-state index in [-0.39, 0.29) is 0 Å². The van der Waals surface area contributed by atoms with E-state index in [1.807, 2.05) is 12.3 Å². The maximum atomic E-state index is 4.46. The molecule has 0 aliphatic rings. The number of nitrogens with zero attached hydrogens (tertiary/aromatic N) is 1. The van der Waals surface area contributed by atoms with Crippen molar-refractivity contribution in [3.05, 3.63) is 53.7 Å². The van der Waals surface area contributed by atoms with Crippen molar-refractivity contribution in [3.63, 3.8) is 0 Å². The van der Waals surface area contributed by atoms with Gasteiger partial charge in [0.2, 0.25) is 0 Å². The van der Waals surface area contributed by atoms with E-state index < -0.39 is 0 Å². The minimum atomic E-state index is 1.05. The van der Waals surface area contributed by atoms with Crippen LogP contribution in [0.3, 0.4) is 0 Å². The van der Waals surface area contributed by atoms with Crippen LogP contribution in [0.25, 0.3) is 11.3 Å². The molecule has 0 aliphatic heterocycles. The van der Waals surface area contributed by atoms with Gasteiger partial charge >= 0.3 is 0 Å². The molecule has 1 aromatic carbocycles. The highest BCUT2D eigenvalue weighted by atomic mass is 14.7. The molecule has 2 rings (SSSR count). The number of rotatable bonds is 2. The van der Waals surface area contributed by atoms with Crippen LogP contribution < -0.4 is 0 Å². The molecule has 0 amide bonds. The summed E-state index contributed by atoms with van der Waals surface area (Å²) in [6, 6.07) is 12.6. The van der Waals surface area contributed by atoms with Gasteiger partial charge in [0.1, 0.15) is 0 Å². The lowest BCUT2D eigenvalue weighted by molar-refractivity contribution is 1.13. The molecule has 76 valence electrons. The van der Waals surface area contributed by atoms with Crippen molar-refractivity contribution in [1.82, 2.24) is 4.98 Å². The number of hydrogen-bond donors (Lipinski definition) is 0. The quantitative estimate of drug-likeness (QED) is 0.716. The summed E-state index contributed by atoms with van der Waals surface area (Å²) in [4.78, 5) is 4.46. The topological polar surface area (TPSA) is 12.9 Å². The fraction of sp³-hybridized carbons (Fsp3) is 0.214.